The molecule has 0 aromatic heterocycles. The van der Waals surface area contributed by atoms with Crippen molar-refractivity contribution in [3.05, 3.63) is 27.9 Å². The van der Waals surface area contributed by atoms with E-state index in [1.54, 1.807) is 0 Å². The van der Waals surface area contributed by atoms with Gasteiger partial charge in [-0.2, -0.15) is 4.81 Å². The molecule has 0 fully saturated rings. The average molecular weight is 248 g/mol. The number of aromatic hydroxyl groups is 1. The fourth-order valence-corrected chi connectivity index (χ4v) is 1.61. The Bertz CT molecular complexity index is 314. The summed E-state index contributed by atoms with van der Waals surface area (Å²) in [4.78, 5) is 3.77. The minimum atomic E-state index is -0.944. The highest BCUT2D eigenvalue weighted by Gasteiger charge is 2.18. The fraction of sp³-hybridized carbons (Fsp3) is 0.250. The zero-order valence-corrected chi connectivity index (χ0v) is 8.91. The van der Waals surface area contributed by atoms with E-state index in [2.05, 4.69) is 15.9 Å². The van der Waals surface area contributed by atoms with Crippen LogP contribution in [0, 0.1) is 5.21 Å². The van der Waals surface area contributed by atoms with Gasteiger partial charge >= 0.3 is 0 Å². The van der Waals surface area contributed by atoms with Gasteiger partial charge < -0.3 is 10.3 Å². The maximum absolute atomic E-state index is 11.6. The molecule has 4 nitrogen and oxygen atoms in total. The number of phenolic OH excluding ortho intramolecular Hbond substituents is 1. The summed E-state index contributed by atoms with van der Waals surface area (Å²) in [5.74, 6) is 0.103. The maximum Gasteiger partial charge on any atom is 0.180 e. The van der Waals surface area contributed by atoms with Crippen molar-refractivity contribution >= 4 is 21.6 Å². The van der Waals surface area contributed by atoms with Crippen molar-refractivity contribution < 1.29 is 9.94 Å². The number of halogens is 1. The molecule has 0 spiro atoms. The van der Waals surface area contributed by atoms with Crippen LogP contribution >= 0.6 is 15.9 Å². The molecule has 0 bridgehead atoms. The first-order valence-electron chi connectivity index (χ1n) is 3.59. The van der Waals surface area contributed by atoms with Crippen LogP contribution < -0.4 is 4.81 Å². The molecule has 1 rings (SSSR count). The van der Waals surface area contributed by atoms with Crippen LogP contribution in [0.15, 0.2) is 22.7 Å². The SMILES string of the molecule is CO[N+](C)([O-])c1ccc(O)cc1Br. The monoisotopic (exact) mass is 247 g/mol. The van der Waals surface area contributed by atoms with Gasteiger partial charge in [-0.15, -0.1) is 0 Å². The molecular formula is C8H10BrNO3. The number of nitrogens with zero attached hydrogens (tertiary/aromatic N) is 1. The molecule has 1 atom stereocenters. The average Bonchev–Trinajstić information content (AvgIpc) is 2.03. The third kappa shape index (κ3) is 2.19. The summed E-state index contributed by atoms with van der Waals surface area (Å²) in [6, 6.07) is 4.40. The van der Waals surface area contributed by atoms with E-state index in [9.17, 15) is 5.21 Å². The van der Waals surface area contributed by atoms with Crippen molar-refractivity contribution in [2.24, 2.45) is 0 Å². The minimum Gasteiger partial charge on any atom is -0.593 e. The maximum atomic E-state index is 11.6. The minimum absolute atomic E-state index is 0.103. The molecule has 0 saturated heterocycles. The summed E-state index contributed by atoms with van der Waals surface area (Å²) < 4.78 is 0.520. The number of benzene rings is 1. The molecule has 0 aliphatic carbocycles. The van der Waals surface area contributed by atoms with Crippen LogP contribution in [0.1, 0.15) is 0 Å². The Morgan fingerprint density at radius 2 is 2.15 bits per heavy atom. The van der Waals surface area contributed by atoms with Crippen LogP contribution in [-0.2, 0) is 4.84 Å². The van der Waals surface area contributed by atoms with E-state index in [1.165, 1.54) is 32.4 Å². The lowest BCUT2D eigenvalue weighted by Crippen LogP contribution is -2.36. The lowest BCUT2D eigenvalue weighted by molar-refractivity contribution is -0.0562. The molecule has 1 aromatic rings. The number of phenols is 1. The van der Waals surface area contributed by atoms with Gasteiger partial charge in [0.05, 0.1) is 11.6 Å². The van der Waals surface area contributed by atoms with Crippen LogP contribution in [0.5, 0.6) is 5.75 Å². The summed E-state index contributed by atoms with van der Waals surface area (Å²) in [6.45, 7) is 0. The molecule has 0 aliphatic heterocycles. The molecule has 5 heteroatoms. The van der Waals surface area contributed by atoms with Crippen molar-refractivity contribution in [3.8, 4) is 5.75 Å². The van der Waals surface area contributed by atoms with E-state index in [4.69, 9.17) is 9.94 Å². The summed E-state index contributed by atoms with van der Waals surface area (Å²) in [5, 5.41) is 20.7. The molecule has 0 aliphatic rings. The van der Waals surface area contributed by atoms with Crippen LogP contribution in [0.25, 0.3) is 0 Å². The third-order valence-corrected chi connectivity index (χ3v) is 2.35. The zero-order valence-electron chi connectivity index (χ0n) is 7.32. The Kier molecular flexibility index (Phi) is 2.92. The van der Waals surface area contributed by atoms with Crippen molar-refractivity contribution in [2.75, 3.05) is 14.2 Å². The molecule has 1 aromatic carbocycles. The van der Waals surface area contributed by atoms with Gasteiger partial charge in [0.1, 0.15) is 12.8 Å². The van der Waals surface area contributed by atoms with Crippen LogP contribution in [-0.4, -0.2) is 19.3 Å². The second kappa shape index (κ2) is 3.63. The standard InChI is InChI=1S/C8H10BrNO3/c1-10(12,13-2)8-4-3-6(11)5-7(8)9/h3-5,11H,1-2H3. The largest absolute Gasteiger partial charge is 0.593 e. The number of quaternary nitrogens is 1. The Labute approximate surface area is 84.6 Å². The van der Waals surface area contributed by atoms with E-state index < -0.39 is 4.81 Å². The Balaban J connectivity index is 3.16. The van der Waals surface area contributed by atoms with Crippen molar-refractivity contribution in [1.29, 1.82) is 0 Å². The first kappa shape index (κ1) is 10.5. The van der Waals surface area contributed by atoms with Crippen molar-refractivity contribution in [1.82, 2.24) is 4.81 Å². The zero-order chi connectivity index (χ0) is 10.1. The molecule has 1 N–H and O–H groups in total. The van der Waals surface area contributed by atoms with Crippen molar-refractivity contribution in [3.63, 3.8) is 0 Å². The molecule has 0 saturated carbocycles. The first-order chi connectivity index (χ1) is 5.97. The van der Waals surface area contributed by atoms with E-state index in [1.807, 2.05) is 0 Å². The number of hydrogen-bond donors (Lipinski definition) is 1. The van der Waals surface area contributed by atoms with E-state index in [0.717, 1.165) is 0 Å². The lowest BCUT2D eigenvalue weighted by atomic mass is 10.3. The van der Waals surface area contributed by atoms with Gasteiger partial charge in [0.2, 0.25) is 0 Å². The van der Waals surface area contributed by atoms with Crippen LogP contribution in [0.3, 0.4) is 0 Å². The molecule has 1 unspecified atom stereocenters. The van der Waals surface area contributed by atoms with E-state index in [-0.39, 0.29) is 5.75 Å². The molecule has 0 heterocycles. The normalized spacial score (nSPS) is 15.4. The number of rotatable bonds is 2. The van der Waals surface area contributed by atoms with E-state index >= 15 is 0 Å². The topological polar surface area (TPSA) is 52.5 Å². The number of hydrogen-bond acceptors (Lipinski definition) is 3. The van der Waals surface area contributed by atoms with Crippen molar-refractivity contribution in [2.45, 2.75) is 0 Å². The first-order valence-corrected chi connectivity index (χ1v) is 4.39. The molecule has 72 valence electrons. The summed E-state index contributed by atoms with van der Waals surface area (Å²) in [6.07, 6.45) is 0. The van der Waals surface area contributed by atoms with Crippen LogP contribution in [0.4, 0.5) is 5.69 Å². The molecule has 0 amide bonds. The Hall–Kier alpha value is -0.620. The van der Waals surface area contributed by atoms with Gasteiger partial charge in [0.25, 0.3) is 0 Å². The Morgan fingerprint density at radius 1 is 1.54 bits per heavy atom. The van der Waals surface area contributed by atoms with Gasteiger partial charge in [-0.1, -0.05) is 0 Å². The second-order valence-electron chi connectivity index (χ2n) is 2.66. The Morgan fingerprint density at radius 3 is 2.62 bits per heavy atom. The highest BCUT2D eigenvalue weighted by molar-refractivity contribution is 9.10. The second-order valence-corrected chi connectivity index (χ2v) is 3.52. The van der Waals surface area contributed by atoms with E-state index in [0.29, 0.717) is 10.2 Å². The van der Waals surface area contributed by atoms with Gasteiger partial charge in [-0.3, -0.25) is 0 Å². The van der Waals surface area contributed by atoms with Gasteiger partial charge in [0, 0.05) is 12.1 Å². The molecule has 0 radical (unpaired) electrons. The van der Waals surface area contributed by atoms with Gasteiger partial charge in [-0.05, 0) is 22.0 Å². The number of hydroxylamine groups is 2. The summed E-state index contributed by atoms with van der Waals surface area (Å²) >= 11 is 3.17. The molecular weight excluding hydrogens is 238 g/mol. The smallest absolute Gasteiger partial charge is 0.180 e. The van der Waals surface area contributed by atoms with Gasteiger partial charge in [0.15, 0.2) is 5.69 Å². The quantitative estimate of drug-likeness (QED) is 0.644. The lowest BCUT2D eigenvalue weighted by Gasteiger charge is -2.33. The highest BCUT2D eigenvalue weighted by Crippen LogP contribution is 2.32. The summed E-state index contributed by atoms with van der Waals surface area (Å²) in [7, 11) is 2.68. The van der Waals surface area contributed by atoms with Crippen LogP contribution in [0.2, 0.25) is 0 Å². The predicted octanol–water partition coefficient (Wildman–Crippen LogP) is 2.15. The fourth-order valence-electron chi connectivity index (χ4n) is 0.924. The van der Waals surface area contributed by atoms with Gasteiger partial charge in [-0.25, -0.2) is 4.84 Å². The summed E-state index contributed by atoms with van der Waals surface area (Å²) in [5.41, 5.74) is 0.403. The molecule has 13 heavy (non-hydrogen) atoms. The third-order valence-electron chi connectivity index (χ3n) is 1.72. The predicted molar refractivity (Wildman–Crippen MR) is 53.9 cm³/mol. The highest BCUT2D eigenvalue weighted by atomic mass is 79.9.